The van der Waals surface area contributed by atoms with Crippen LogP contribution in [-0.2, 0) is 4.74 Å². The minimum atomic E-state index is -0.0493. The van der Waals surface area contributed by atoms with Crippen LogP contribution >= 0.6 is 0 Å². The summed E-state index contributed by atoms with van der Waals surface area (Å²) in [5.41, 5.74) is 1.76. The summed E-state index contributed by atoms with van der Waals surface area (Å²) < 4.78 is 10.8. The Kier molecular flexibility index (Phi) is 5.81. The fourth-order valence-electron chi connectivity index (χ4n) is 3.82. The van der Waals surface area contributed by atoms with Crippen LogP contribution in [0.25, 0.3) is 0 Å². The second-order valence-electron chi connectivity index (χ2n) is 6.96. The number of amides is 2. The first-order valence-corrected chi connectivity index (χ1v) is 9.13. The third-order valence-corrected chi connectivity index (χ3v) is 5.31. The molecule has 1 N–H and O–H groups in total. The lowest BCUT2D eigenvalue weighted by Crippen LogP contribution is -2.58. The van der Waals surface area contributed by atoms with Crippen molar-refractivity contribution >= 4 is 11.7 Å². The van der Waals surface area contributed by atoms with E-state index in [0.29, 0.717) is 11.8 Å². The molecule has 1 aromatic carbocycles. The summed E-state index contributed by atoms with van der Waals surface area (Å²) in [5, 5.41) is 3.05. The van der Waals surface area contributed by atoms with Crippen molar-refractivity contribution in [3.8, 4) is 5.75 Å². The zero-order valence-electron chi connectivity index (χ0n) is 15.5. The Morgan fingerprint density at radius 1 is 1.28 bits per heavy atom. The summed E-state index contributed by atoms with van der Waals surface area (Å²) in [6, 6.07) is 6.51. The van der Waals surface area contributed by atoms with Crippen molar-refractivity contribution in [2.75, 3.05) is 45.3 Å². The molecule has 138 valence electrons. The first-order valence-electron chi connectivity index (χ1n) is 9.13. The molecular weight excluding hydrogens is 318 g/mol. The zero-order chi connectivity index (χ0) is 17.8. The van der Waals surface area contributed by atoms with Gasteiger partial charge in [-0.3, -0.25) is 4.90 Å². The van der Waals surface area contributed by atoms with Gasteiger partial charge in [-0.25, -0.2) is 4.79 Å². The summed E-state index contributed by atoms with van der Waals surface area (Å²) in [5.74, 6) is 0.696. The van der Waals surface area contributed by atoms with Crippen LogP contribution in [0.1, 0.15) is 25.3 Å². The first kappa shape index (κ1) is 18.0. The Morgan fingerprint density at radius 3 is 2.72 bits per heavy atom. The second kappa shape index (κ2) is 8.06. The van der Waals surface area contributed by atoms with Crippen LogP contribution in [0.4, 0.5) is 10.5 Å². The number of piperazine rings is 1. The van der Waals surface area contributed by atoms with Crippen LogP contribution in [-0.4, -0.2) is 67.9 Å². The van der Waals surface area contributed by atoms with Crippen molar-refractivity contribution in [1.29, 1.82) is 0 Å². The average Bonchev–Trinajstić information content (AvgIpc) is 2.64. The van der Waals surface area contributed by atoms with Crippen LogP contribution in [0, 0.1) is 6.92 Å². The van der Waals surface area contributed by atoms with Gasteiger partial charge in [-0.1, -0.05) is 12.1 Å². The van der Waals surface area contributed by atoms with Crippen molar-refractivity contribution in [2.24, 2.45) is 0 Å². The number of urea groups is 1. The predicted octanol–water partition coefficient (Wildman–Crippen LogP) is 2.72. The molecule has 25 heavy (non-hydrogen) atoms. The van der Waals surface area contributed by atoms with Gasteiger partial charge in [-0.15, -0.1) is 0 Å². The molecule has 2 saturated heterocycles. The number of nitrogens with one attached hydrogen (secondary N) is 1. The van der Waals surface area contributed by atoms with Gasteiger partial charge in [0.25, 0.3) is 0 Å². The van der Waals surface area contributed by atoms with Crippen molar-refractivity contribution in [3.63, 3.8) is 0 Å². The van der Waals surface area contributed by atoms with E-state index in [1.165, 1.54) is 0 Å². The van der Waals surface area contributed by atoms with E-state index in [4.69, 9.17) is 9.47 Å². The lowest BCUT2D eigenvalue weighted by molar-refractivity contribution is 0.00816. The highest BCUT2D eigenvalue weighted by Gasteiger charge is 2.32. The van der Waals surface area contributed by atoms with Gasteiger partial charge in [0.15, 0.2) is 0 Å². The number of methoxy groups -OCH3 is 1. The first-order chi connectivity index (χ1) is 12.1. The van der Waals surface area contributed by atoms with Gasteiger partial charge in [-0.2, -0.15) is 0 Å². The van der Waals surface area contributed by atoms with Crippen LogP contribution < -0.4 is 10.1 Å². The molecule has 1 atom stereocenters. The molecular formula is C19H29N3O3. The Morgan fingerprint density at radius 2 is 2.04 bits per heavy atom. The number of carbonyl (C=O) groups is 1. The van der Waals surface area contributed by atoms with Crippen molar-refractivity contribution in [1.82, 2.24) is 9.80 Å². The zero-order valence-corrected chi connectivity index (χ0v) is 15.5. The summed E-state index contributed by atoms with van der Waals surface area (Å²) in [4.78, 5) is 17.3. The highest BCUT2D eigenvalue weighted by molar-refractivity contribution is 5.92. The normalized spacial score (nSPS) is 22.7. The summed E-state index contributed by atoms with van der Waals surface area (Å²) in [6.45, 7) is 8.40. The molecule has 0 saturated carbocycles. The number of aryl methyl sites for hydroxylation is 1. The minimum Gasteiger partial charge on any atom is -0.495 e. The number of hydrogen-bond acceptors (Lipinski definition) is 4. The summed E-state index contributed by atoms with van der Waals surface area (Å²) >= 11 is 0. The number of nitrogens with zero attached hydrogens (tertiary/aromatic N) is 2. The van der Waals surface area contributed by atoms with Gasteiger partial charge in [0.1, 0.15) is 5.75 Å². The SMILES string of the molecule is COc1cccc(C)c1NC(=O)N1CCN(C2CCOCC2)C[C@H]1C. The fourth-order valence-corrected chi connectivity index (χ4v) is 3.82. The molecule has 2 aliphatic rings. The van der Waals surface area contributed by atoms with E-state index in [-0.39, 0.29) is 12.1 Å². The van der Waals surface area contributed by atoms with Gasteiger partial charge < -0.3 is 19.7 Å². The van der Waals surface area contributed by atoms with Crippen molar-refractivity contribution in [2.45, 2.75) is 38.8 Å². The standard InChI is InChI=1S/C19H29N3O3/c1-14-5-4-6-17(24-3)18(14)20-19(23)22-10-9-21(13-15(22)2)16-7-11-25-12-8-16/h4-6,15-16H,7-13H2,1-3H3,(H,20,23)/t15-/m1/s1. The predicted molar refractivity (Wildman–Crippen MR) is 98.3 cm³/mol. The number of anilines is 1. The molecule has 1 aromatic rings. The molecule has 3 rings (SSSR count). The average molecular weight is 347 g/mol. The van der Waals surface area contributed by atoms with Gasteiger partial charge in [0, 0.05) is 44.9 Å². The molecule has 2 aliphatic heterocycles. The number of benzene rings is 1. The molecule has 2 amide bonds. The maximum absolute atomic E-state index is 12.8. The highest BCUT2D eigenvalue weighted by Crippen LogP contribution is 2.28. The highest BCUT2D eigenvalue weighted by atomic mass is 16.5. The van der Waals surface area contributed by atoms with E-state index in [0.717, 1.165) is 56.9 Å². The Bertz CT molecular complexity index is 602. The van der Waals surface area contributed by atoms with Gasteiger partial charge in [-0.05, 0) is 38.3 Å². The molecule has 0 bridgehead atoms. The monoisotopic (exact) mass is 347 g/mol. The number of rotatable bonds is 3. The topological polar surface area (TPSA) is 54.0 Å². The Balaban J connectivity index is 1.62. The molecule has 0 spiro atoms. The summed E-state index contributed by atoms with van der Waals surface area (Å²) in [7, 11) is 1.62. The van der Waals surface area contributed by atoms with Crippen LogP contribution in [0.5, 0.6) is 5.75 Å². The largest absolute Gasteiger partial charge is 0.495 e. The number of para-hydroxylation sites is 1. The van der Waals surface area contributed by atoms with Gasteiger partial charge in [0.2, 0.25) is 0 Å². The molecule has 0 aliphatic carbocycles. The molecule has 0 radical (unpaired) electrons. The molecule has 2 heterocycles. The molecule has 6 heteroatoms. The van der Waals surface area contributed by atoms with Crippen molar-refractivity contribution < 1.29 is 14.3 Å². The van der Waals surface area contributed by atoms with E-state index in [2.05, 4.69) is 17.1 Å². The van der Waals surface area contributed by atoms with Crippen molar-refractivity contribution in [3.05, 3.63) is 23.8 Å². The maximum Gasteiger partial charge on any atom is 0.322 e. The van der Waals surface area contributed by atoms with E-state index >= 15 is 0 Å². The van der Waals surface area contributed by atoms with Gasteiger partial charge >= 0.3 is 6.03 Å². The summed E-state index contributed by atoms with van der Waals surface area (Å²) in [6.07, 6.45) is 2.19. The number of ether oxygens (including phenoxy) is 2. The minimum absolute atomic E-state index is 0.0493. The fraction of sp³-hybridized carbons (Fsp3) is 0.632. The second-order valence-corrected chi connectivity index (χ2v) is 6.96. The molecule has 0 unspecified atom stereocenters. The Labute approximate surface area is 150 Å². The lowest BCUT2D eigenvalue weighted by Gasteiger charge is -2.44. The lowest BCUT2D eigenvalue weighted by atomic mass is 10.0. The third-order valence-electron chi connectivity index (χ3n) is 5.31. The van der Waals surface area contributed by atoms with E-state index in [1.54, 1.807) is 7.11 Å². The van der Waals surface area contributed by atoms with Crippen LogP contribution in [0.2, 0.25) is 0 Å². The van der Waals surface area contributed by atoms with E-state index in [1.807, 2.05) is 30.0 Å². The molecule has 6 nitrogen and oxygen atoms in total. The van der Waals surface area contributed by atoms with Crippen LogP contribution in [0.3, 0.4) is 0 Å². The quantitative estimate of drug-likeness (QED) is 0.913. The number of carbonyl (C=O) groups excluding carboxylic acids is 1. The smallest absolute Gasteiger partial charge is 0.322 e. The van der Waals surface area contributed by atoms with Gasteiger partial charge in [0.05, 0.1) is 12.8 Å². The molecule has 0 aromatic heterocycles. The molecule has 2 fully saturated rings. The number of hydrogen-bond donors (Lipinski definition) is 1. The van der Waals surface area contributed by atoms with E-state index < -0.39 is 0 Å². The Hall–Kier alpha value is -1.79. The van der Waals surface area contributed by atoms with E-state index in [9.17, 15) is 4.79 Å². The maximum atomic E-state index is 12.8. The third kappa shape index (κ3) is 4.07. The van der Waals surface area contributed by atoms with Crippen LogP contribution in [0.15, 0.2) is 18.2 Å².